The number of aliphatic hydroxyl groups excluding tert-OH is 1. The number of rotatable bonds is 5. The van der Waals surface area contributed by atoms with E-state index < -0.39 is 0 Å². The molecule has 1 aliphatic heterocycles. The first-order chi connectivity index (χ1) is 11.2. The van der Waals surface area contributed by atoms with Crippen molar-refractivity contribution in [3.05, 3.63) is 58.6 Å². The topological polar surface area (TPSA) is 35.9 Å². The highest BCUT2D eigenvalue weighted by molar-refractivity contribution is 9.10. The molecule has 4 nitrogen and oxygen atoms in total. The van der Waals surface area contributed by atoms with Crippen LogP contribution in [-0.2, 0) is 6.54 Å². The van der Waals surface area contributed by atoms with Crippen LogP contribution in [0, 0.1) is 0 Å². The SMILES string of the molecule is COc1cccc(CN2CN(c3ccc(Br)cc3)CC2CO)c1. The van der Waals surface area contributed by atoms with E-state index in [1.165, 1.54) is 11.3 Å². The van der Waals surface area contributed by atoms with Crippen LogP contribution >= 0.6 is 15.9 Å². The molecule has 0 bridgehead atoms. The predicted molar refractivity (Wildman–Crippen MR) is 95.8 cm³/mol. The molecule has 1 fully saturated rings. The van der Waals surface area contributed by atoms with Gasteiger partial charge in [-0.3, -0.25) is 4.90 Å². The molecule has 0 radical (unpaired) electrons. The summed E-state index contributed by atoms with van der Waals surface area (Å²) in [6.07, 6.45) is 0. The minimum absolute atomic E-state index is 0.143. The van der Waals surface area contributed by atoms with Gasteiger partial charge in [-0.25, -0.2) is 0 Å². The third-order valence-electron chi connectivity index (χ3n) is 4.22. The summed E-state index contributed by atoms with van der Waals surface area (Å²) in [6, 6.07) is 16.6. The zero-order chi connectivity index (χ0) is 16.2. The van der Waals surface area contributed by atoms with Crippen LogP contribution in [0.1, 0.15) is 5.56 Å². The number of methoxy groups -OCH3 is 1. The minimum Gasteiger partial charge on any atom is -0.497 e. The molecular weight excluding hydrogens is 356 g/mol. The molecule has 5 heteroatoms. The lowest BCUT2D eigenvalue weighted by Crippen LogP contribution is -2.33. The smallest absolute Gasteiger partial charge is 0.119 e. The molecule has 0 aliphatic carbocycles. The average Bonchev–Trinajstić information content (AvgIpc) is 2.98. The molecule has 1 saturated heterocycles. The van der Waals surface area contributed by atoms with Crippen LogP contribution in [0.3, 0.4) is 0 Å². The lowest BCUT2D eigenvalue weighted by Gasteiger charge is -2.22. The maximum Gasteiger partial charge on any atom is 0.119 e. The van der Waals surface area contributed by atoms with Crippen LogP contribution in [0.2, 0.25) is 0 Å². The first-order valence-electron chi connectivity index (χ1n) is 7.68. The summed E-state index contributed by atoms with van der Waals surface area (Å²) in [5.74, 6) is 0.868. The van der Waals surface area contributed by atoms with Gasteiger partial charge in [0.25, 0.3) is 0 Å². The van der Waals surface area contributed by atoms with Gasteiger partial charge in [0.15, 0.2) is 0 Å². The van der Waals surface area contributed by atoms with E-state index in [0.29, 0.717) is 0 Å². The summed E-state index contributed by atoms with van der Waals surface area (Å²) in [6.45, 7) is 2.61. The molecule has 1 N–H and O–H groups in total. The molecule has 0 saturated carbocycles. The van der Waals surface area contributed by atoms with Crippen molar-refractivity contribution < 1.29 is 9.84 Å². The van der Waals surface area contributed by atoms with Crippen molar-refractivity contribution in [1.82, 2.24) is 4.90 Å². The van der Waals surface area contributed by atoms with Gasteiger partial charge in [-0.05, 0) is 42.0 Å². The largest absolute Gasteiger partial charge is 0.497 e. The highest BCUT2D eigenvalue weighted by atomic mass is 79.9. The number of hydrogen-bond acceptors (Lipinski definition) is 4. The normalized spacial score (nSPS) is 18.4. The average molecular weight is 377 g/mol. The summed E-state index contributed by atoms with van der Waals surface area (Å²) in [5, 5.41) is 9.72. The van der Waals surface area contributed by atoms with Crippen molar-refractivity contribution >= 4 is 21.6 Å². The summed E-state index contributed by atoms with van der Waals surface area (Å²) >= 11 is 3.47. The van der Waals surface area contributed by atoms with E-state index in [1.54, 1.807) is 7.11 Å². The Morgan fingerprint density at radius 1 is 1.22 bits per heavy atom. The van der Waals surface area contributed by atoms with E-state index in [-0.39, 0.29) is 12.6 Å². The Bertz CT molecular complexity index is 648. The van der Waals surface area contributed by atoms with E-state index in [2.05, 4.69) is 50.0 Å². The maximum atomic E-state index is 9.72. The molecule has 0 aromatic heterocycles. The van der Waals surface area contributed by atoms with Crippen LogP contribution < -0.4 is 9.64 Å². The first-order valence-corrected chi connectivity index (χ1v) is 8.47. The third kappa shape index (κ3) is 3.86. The summed E-state index contributed by atoms with van der Waals surface area (Å²) < 4.78 is 6.37. The summed E-state index contributed by atoms with van der Waals surface area (Å²) in [5.41, 5.74) is 2.38. The number of hydrogen-bond donors (Lipinski definition) is 1. The second-order valence-corrected chi connectivity index (χ2v) is 6.69. The van der Waals surface area contributed by atoms with E-state index in [1.807, 2.05) is 24.3 Å². The molecule has 3 rings (SSSR count). The lowest BCUT2D eigenvalue weighted by molar-refractivity contribution is 0.159. The lowest BCUT2D eigenvalue weighted by atomic mass is 10.2. The third-order valence-corrected chi connectivity index (χ3v) is 4.75. The molecule has 2 aromatic rings. The molecular formula is C18H21BrN2O2. The van der Waals surface area contributed by atoms with Crippen molar-refractivity contribution in [2.75, 3.05) is 31.8 Å². The molecule has 1 unspecified atom stereocenters. The van der Waals surface area contributed by atoms with E-state index in [0.717, 1.165) is 30.0 Å². The van der Waals surface area contributed by atoms with Gasteiger partial charge in [0.2, 0.25) is 0 Å². The van der Waals surface area contributed by atoms with Crippen LogP contribution in [0.25, 0.3) is 0 Å². The molecule has 122 valence electrons. The highest BCUT2D eigenvalue weighted by Gasteiger charge is 2.29. The van der Waals surface area contributed by atoms with E-state index in [9.17, 15) is 5.11 Å². The number of aliphatic hydroxyl groups is 1. The maximum absolute atomic E-state index is 9.72. The van der Waals surface area contributed by atoms with Gasteiger partial charge < -0.3 is 14.7 Å². The molecule has 0 spiro atoms. The fraction of sp³-hybridized carbons (Fsp3) is 0.333. The molecule has 1 heterocycles. The Hall–Kier alpha value is -1.56. The Morgan fingerprint density at radius 3 is 2.70 bits per heavy atom. The number of ether oxygens (including phenoxy) is 1. The highest BCUT2D eigenvalue weighted by Crippen LogP contribution is 2.25. The van der Waals surface area contributed by atoms with Gasteiger partial charge in [0, 0.05) is 23.2 Å². The second kappa shape index (κ2) is 7.34. The zero-order valence-electron chi connectivity index (χ0n) is 13.2. The minimum atomic E-state index is 0.143. The fourth-order valence-corrected chi connectivity index (χ4v) is 3.22. The van der Waals surface area contributed by atoms with E-state index >= 15 is 0 Å². The quantitative estimate of drug-likeness (QED) is 0.869. The Balaban J connectivity index is 1.72. The van der Waals surface area contributed by atoms with Gasteiger partial charge in [-0.1, -0.05) is 28.1 Å². The van der Waals surface area contributed by atoms with Gasteiger partial charge in [0.05, 0.1) is 26.4 Å². The van der Waals surface area contributed by atoms with Crippen molar-refractivity contribution in [1.29, 1.82) is 0 Å². The summed E-state index contributed by atoms with van der Waals surface area (Å²) in [7, 11) is 1.68. The van der Waals surface area contributed by atoms with Crippen LogP contribution in [0.5, 0.6) is 5.75 Å². The van der Waals surface area contributed by atoms with Crippen LogP contribution in [0.4, 0.5) is 5.69 Å². The Morgan fingerprint density at radius 2 is 2.00 bits per heavy atom. The first kappa shape index (κ1) is 16.3. The van der Waals surface area contributed by atoms with Gasteiger partial charge in [-0.15, -0.1) is 0 Å². The predicted octanol–water partition coefficient (Wildman–Crippen LogP) is 3.10. The van der Waals surface area contributed by atoms with Crippen molar-refractivity contribution in [3.8, 4) is 5.75 Å². The number of benzene rings is 2. The second-order valence-electron chi connectivity index (χ2n) is 5.78. The Labute approximate surface area is 145 Å². The monoisotopic (exact) mass is 376 g/mol. The molecule has 1 aliphatic rings. The number of anilines is 1. The fourth-order valence-electron chi connectivity index (χ4n) is 2.96. The van der Waals surface area contributed by atoms with Gasteiger partial charge in [-0.2, -0.15) is 0 Å². The zero-order valence-corrected chi connectivity index (χ0v) is 14.7. The summed E-state index contributed by atoms with van der Waals surface area (Å²) in [4.78, 5) is 4.60. The molecule has 23 heavy (non-hydrogen) atoms. The molecule has 0 amide bonds. The van der Waals surface area contributed by atoms with Crippen molar-refractivity contribution in [2.45, 2.75) is 12.6 Å². The van der Waals surface area contributed by atoms with Gasteiger partial charge in [0.1, 0.15) is 5.75 Å². The van der Waals surface area contributed by atoms with Crippen LogP contribution in [-0.4, -0.2) is 43.0 Å². The standard InChI is InChI=1S/C18H21BrN2O2/c1-23-18-4-2-3-14(9-18)10-20-13-21(11-17(20)12-22)16-7-5-15(19)6-8-16/h2-9,17,22H,10-13H2,1H3. The number of nitrogens with zero attached hydrogens (tertiary/aromatic N) is 2. The van der Waals surface area contributed by atoms with Crippen molar-refractivity contribution in [3.63, 3.8) is 0 Å². The van der Waals surface area contributed by atoms with E-state index in [4.69, 9.17) is 4.74 Å². The van der Waals surface area contributed by atoms with Gasteiger partial charge >= 0.3 is 0 Å². The van der Waals surface area contributed by atoms with Crippen LogP contribution in [0.15, 0.2) is 53.0 Å². The molecule has 1 atom stereocenters. The van der Waals surface area contributed by atoms with Crippen molar-refractivity contribution in [2.24, 2.45) is 0 Å². The Kier molecular flexibility index (Phi) is 5.20. The molecule has 2 aromatic carbocycles. The number of halogens is 1.